The maximum Gasteiger partial charge on any atom is 0.0647 e. The van der Waals surface area contributed by atoms with Crippen molar-refractivity contribution in [3.05, 3.63) is 0 Å². The lowest BCUT2D eigenvalue weighted by atomic mass is 9.92. The molecular weight excluding hydrogens is 188 g/mol. The average molecular weight is 212 g/mol. The Morgan fingerprint density at radius 2 is 2.27 bits per heavy atom. The van der Waals surface area contributed by atoms with E-state index in [9.17, 15) is 0 Å². The number of hydrogen-bond acceptors (Lipinski definition) is 3. The highest BCUT2D eigenvalue weighted by Gasteiger charge is 2.34. The first-order chi connectivity index (χ1) is 7.21. The van der Waals surface area contributed by atoms with E-state index in [1.807, 2.05) is 0 Å². The molecule has 2 atom stereocenters. The first-order valence-electron chi connectivity index (χ1n) is 6.27. The van der Waals surface area contributed by atoms with Gasteiger partial charge in [-0.1, -0.05) is 0 Å². The van der Waals surface area contributed by atoms with Crippen LogP contribution in [0, 0.1) is 0 Å². The van der Waals surface area contributed by atoms with Gasteiger partial charge in [0, 0.05) is 37.8 Å². The van der Waals surface area contributed by atoms with E-state index in [4.69, 9.17) is 4.74 Å². The van der Waals surface area contributed by atoms with Gasteiger partial charge in [0.05, 0.1) is 6.61 Å². The molecule has 0 bridgehead atoms. The van der Waals surface area contributed by atoms with E-state index >= 15 is 0 Å². The Balaban J connectivity index is 1.95. The van der Waals surface area contributed by atoms with Crippen LogP contribution in [0.3, 0.4) is 0 Å². The minimum Gasteiger partial charge on any atom is -0.380 e. The van der Waals surface area contributed by atoms with Gasteiger partial charge < -0.3 is 10.1 Å². The smallest absolute Gasteiger partial charge is 0.0647 e. The highest BCUT2D eigenvalue weighted by atomic mass is 16.5. The molecule has 0 spiro atoms. The molecule has 2 aliphatic heterocycles. The first-order valence-corrected chi connectivity index (χ1v) is 6.27. The van der Waals surface area contributed by atoms with Crippen LogP contribution >= 0.6 is 0 Å². The minimum absolute atomic E-state index is 0.296. The lowest BCUT2D eigenvalue weighted by molar-refractivity contribution is -0.0374. The Kier molecular flexibility index (Phi) is 3.65. The Morgan fingerprint density at radius 1 is 1.40 bits per heavy atom. The van der Waals surface area contributed by atoms with Gasteiger partial charge in [-0.05, 0) is 33.1 Å². The van der Waals surface area contributed by atoms with Crippen LogP contribution in [-0.4, -0.2) is 49.3 Å². The van der Waals surface area contributed by atoms with E-state index in [0.29, 0.717) is 11.6 Å². The largest absolute Gasteiger partial charge is 0.380 e. The Labute approximate surface area is 93.2 Å². The predicted octanol–water partition coefficient (Wildman–Crippen LogP) is 1.24. The second-order valence-electron chi connectivity index (χ2n) is 5.28. The fourth-order valence-corrected chi connectivity index (χ4v) is 2.72. The third-order valence-electron chi connectivity index (χ3n) is 3.89. The monoisotopic (exact) mass is 212 g/mol. The van der Waals surface area contributed by atoms with Crippen LogP contribution in [-0.2, 0) is 4.74 Å². The molecule has 0 aromatic carbocycles. The molecule has 2 saturated heterocycles. The maximum absolute atomic E-state index is 5.64. The summed E-state index contributed by atoms with van der Waals surface area (Å²) in [5.41, 5.74) is 0.296. The zero-order chi connectivity index (χ0) is 10.7. The summed E-state index contributed by atoms with van der Waals surface area (Å²) < 4.78 is 5.64. The normalized spacial score (nSPS) is 40.0. The fraction of sp³-hybridized carbons (Fsp3) is 1.00. The van der Waals surface area contributed by atoms with Crippen molar-refractivity contribution in [3.8, 4) is 0 Å². The molecule has 3 heteroatoms. The van der Waals surface area contributed by atoms with Gasteiger partial charge in [0.25, 0.3) is 0 Å². The second-order valence-corrected chi connectivity index (χ2v) is 5.28. The van der Waals surface area contributed by atoms with Crippen molar-refractivity contribution >= 4 is 0 Å². The van der Waals surface area contributed by atoms with Crippen LogP contribution in [0.2, 0.25) is 0 Å². The summed E-state index contributed by atoms with van der Waals surface area (Å²) in [5, 5.41) is 3.55. The molecule has 2 rings (SSSR count). The van der Waals surface area contributed by atoms with Crippen molar-refractivity contribution in [1.82, 2.24) is 10.2 Å². The van der Waals surface area contributed by atoms with Crippen molar-refractivity contribution in [2.45, 2.75) is 44.7 Å². The molecule has 2 unspecified atom stereocenters. The molecule has 2 heterocycles. The SMILES string of the molecule is CC1CCN(C2(C)CCCOC2)CCN1. The average Bonchev–Trinajstić information content (AvgIpc) is 2.44. The van der Waals surface area contributed by atoms with Gasteiger partial charge in [-0.25, -0.2) is 0 Å². The zero-order valence-corrected chi connectivity index (χ0v) is 10.1. The van der Waals surface area contributed by atoms with Gasteiger partial charge in [-0.3, -0.25) is 4.90 Å². The van der Waals surface area contributed by atoms with Gasteiger partial charge in [0.1, 0.15) is 0 Å². The Morgan fingerprint density at radius 3 is 3.00 bits per heavy atom. The highest BCUT2D eigenvalue weighted by Crippen LogP contribution is 2.26. The molecule has 2 aliphatic rings. The second kappa shape index (κ2) is 4.81. The standard InChI is InChI=1S/C12H24N2O/c1-11-4-7-14(8-6-13-11)12(2)5-3-9-15-10-12/h11,13H,3-10H2,1-2H3. The van der Waals surface area contributed by atoms with Crippen LogP contribution in [0.5, 0.6) is 0 Å². The van der Waals surface area contributed by atoms with Gasteiger partial charge in [0.2, 0.25) is 0 Å². The molecule has 3 nitrogen and oxygen atoms in total. The third-order valence-corrected chi connectivity index (χ3v) is 3.89. The molecule has 0 amide bonds. The van der Waals surface area contributed by atoms with Crippen molar-refractivity contribution in [1.29, 1.82) is 0 Å². The molecule has 15 heavy (non-hydrogen) atoms. The third kappa shape index (κ3) is 2.71. The summed E-state index contributed by atoms with van der Waals surface area (Å²) in [7, 11) is 0. The Bertz CT molecular complexity index is 202. The predicted molar refractivity (Wildman–Crippen MR) is 62.1 cm³/mol. The van der Waals surface area contributed by atoms with E-state index in [1.54, 1.807) is 0 Å². The molecule has 0 aliphatic carbocycles. The molecule has 1 N–H and O–H groups in total. The van der Waals surface area contributed by atoms with E-state index in [-0.39, 0.29) is 0 Å². The summed E-state index contributed by atoms with van der Waals surface area (Å²) >= 11 is 0. The van der Waals surface area contributed by atoms with Crippen LogP contribution in [0.25, 0.3) is 0 Å². The number of ether oxygens (including phenoxy) is 1. The van der Waals surface area contributed by atoms with Crippen molar-refractivity contribution in [2.75, 3.05) is 32.8 Å². The zero-order valence-electron chi connectivity index (χ0n) is 10.1. The maximum atomic E-state index is 5.64. The van der Waals surface area contributed by atoms with Gasteiger partial charge in [0.15, 0.2) is 0 Å². The van der Waals surface area contributed by atoms with Gasteiger partial charge in [-0.15, -0.1) is 0 Å². The summed E-state index contributed by atoms with van der Waals surface area (Å²) in [6, 6.07) is 0.670. The molecule has 0 aromatic heterocycles. The van der Waals surface area contributed by atoms with E-state index in [0.717, 1.165) is 19.8 Å². The molecule has 88 valence electrons. The first kappa shape index (κ1) is 11.4. The Hall–Kier alpha value is -0.120. The van der Waals surface area contributed by atoms with Crippen molar-refractivity contribution < 1.29 is 4.74 Å². The summed E-state index contributed by atoms with van der Waals surface area (Å²) in [4.78, 5) is 2.63. The van der Waals surface area contributed by atoms with Crippen LogP contribution in [0.4, 0.5) is 0 Å². The topological polar surface area (TPSA) is 24.5 Å². The number of nitrogens with zero attached hydrogens (tertiary/aromatic N) is 1. The van der Waals surface area contributed by atoms with E-state index in [2.05, 4.69) is 24.1 Å². The van der Waals surface area contributed by atoms with Crippen LogP contribution in [0.1, 0.15) is 33.1 Å². The lowest BCUT2D eigenvalue weighted by Crippen LogP contribution is -2.53. The molecule has 0 aromatic rings. The van der Waals surface area contributed by atoms with E-state index in [1.165, 1.54) is 32.4 Å². The van der Waals surface area contributed by atoms with Crippen LogP contribution < -0.4 is 5.32 Å². The van der Waals surface area contributed by atoms with Crippen LogP contribution in [0.15, 0.2) is 0 Å². The fourth-order valence-electron chi connectivity index (χ4n) is 2.72. The van der Waals surface area contributed by atoms with Crippen molar-refractivity contribution in [3.63, 3.8) is 0 Å². The lowest BCUT2D eigenvalue weighted by Gasteiger charge is -2.43. The summed E-state index contributed by atoms with van der Waals surface area (Å²) in [5.74, 6) is 0. The molecular formula is C12H24N2O. The number of rotatable bonds is 1. The molecule has 0 saturated carbocycles. The number of hydrogen-bond donors (Lipinski definition) is 1. The highest BCUT2D eigenvalue weighted by molar-refractivity contribution is 4.90. The number of nitrogens with one attached hydrogen (secondary N) is 1. The minimum atomic E-state index is 0.296. The van der Waals surface area contributed by atoms with Gasteiger partial charge in [-0.2, -0.15) is 0 Å². The molecule has 2 fully saturated rings. The van der Waals surface area contributed by atoms with Crippen molar-refractivity contribution in [2.24, 2.45) is 0 Å². The van der Waals surface area contributed by atoms with E-state index < -0.39 is 0 Å². The summed E-state index contributed by atoms with van der Waals surface area (Å²) in [6.45, 7) is 10.0. The van der Waals surface area contributed by atoms with Gasteiger partial charge >= 0.3 is 0 Å². The summed E-state index contributed by atoms with van der Waals surface area (Å²) in [6.07, 6.45) is 3.77. The quantitative estimate of drug-likeness (QED) is 0.708. The molecule has 0 radical (unpaired) electrons.